The van der Waals surface area contributed by atoms with Crippen LogP contribution in [0.15, 0.2) is 22.7 Å². The molecule has 80 valence electrons. The molecule has 3 nitrogen and oxygen atoms in total. The number of rotatable bonds is 1. The van der Waals surface area contributed by atoms with Gasteiger partial charge in [0.1, 0.15) is 0 Å². The molecule has 0 saturated carbocycles. The lowest BCUT2D eigenvalue weighted by Crippen LogP contribution is -2.25. The van der Waals surface area contributed by atoms with Gasteiger partial charge in [-0.15, -0.1) is 0 Å². The topological polar surface area (TPSA) is 40.5 Å². The van der Waals surface area contributed by atoms with Crippen molar-refractivity contribution < 1.29 is 9.90 Å². The molecule has 1 amide bonds. The predicted octanol–water partition coefficient (Wildman–Crippen LogP) is 2.20. The molecule has 1 N–H and O–H groups in total. The molecule has 0 radical (unpaired) electrons. The standard InChI is InChI=1S/C10H9BrClNO2/c11-8-2-1-6(3-9(8)12)13-5-7(14)4-10(13)15/h1-3,7,14H,4-5H2. The van der Waals surface area contributed by atoms with Gasteiger partial charge in [-0.1, -0.05) is 11.6 Å². The van der Waals surface area contributed by atoms with Crippen LogP contribution in [0.25, 0.3) is 0 Å². The number of β-amino-alcohol motifs (C(OH)–C–C–N with tert-alkyl or cyclic N) is 1. The number of nitrogens with zero attached hydrogens (tertiary/aromatic N) is 1. The van der Waals surface area contributed by atoms with Gasteiger partial charge in [0.2, 0.25) is 5.91 Å². The molecule has 1 unspecified atom stereocenters. The van der Waals surface area contributed by atoms with Gasteiger partial charge in [-0.2, -0.15) is 0 Å². The lowest BCUT2D eigenvalue weighted by molar-refractivity contribution is -0.117. The van der Waals surface area contributed by atoms with Crippen molar-refractivity contribution in [3.05, 3.63) is 27.7 Å². The molecular weight excluding hydrogens is 281 g/mol. The summed E-state index contributed by atoms with van der Waals surface area (Å²) < 4.78 is 0.792. The highest BCUT2D eigenvalue weighted by Crippen LogP contribution is 2.29. The summed E-state index contributed by atoms with van der Waals surface area (Å²) in [4.78, 5) is 13.0. The van der Waals surface area contributed by atoms with Crippen molar-refractivity contribution in [1.29, 1.82) is 0 Å². The van der Waals surface area contributed by atoms with Crippen molar-refractivity contribution in [2.45, 2.75) is 12.5 Å². The molecule has 1 heterocycles. The molecular formula is C10H9BrClNO2. The number of carbonyl (C=O) groups is 1. The van der Waals surface area contributed by atoms with Crippen LogP contribution in [0.4, 0.5) is 5.69 Å². The highest BCUT2D eigenvalue weighted by atomic mass is 79.9. The Balaban J connectivity index is 2.30. The predicted molar refractivity (Wildman–Crippen MR) is 62.1 cm³/mol. The summed E-state index contributed by atoms with van der Waals surface area (Å²) in [5.74, 6) is -0.0686. The van der Waals surface area contributed by atoms with Crippen molar-refractivity contribution in [2.24, 2.45) is 0 Å². The molecule has 1 aromatic rings. The van der Waals surface area contributed by atoms with Crippen LogP contribution < -0.4 is 4.90 Å². The van der Waals surface area contributed by atoms with Gasteiger partial charge < -0.3 is 10.0 Å². The molecule has 1 fully saturated rings. The molecule has 1 aliphatic heterocycles. The fourth-order valence-electron chi connectivity index (χ4n) is 1.59. The fourth-order valence-corrected chi connectivity index (χ4v) is 2.01. The second-order valence-electron chi connectivity index (χ2n) is 3.46. The molecule has 1 aliphatic rings. The summed E-state index contributed by atoms with van der Waals surface area (Å²) >= 11 is 9.21. The number of amides is 1. The monoisotopic (exact) mass is 289 g/mol. The Labute approximate surface area is 101 Å². The lowest BCUT2D eigenvalue weighted by atomic mass is 10.3. The minimum atomic E-state index is -0.570. The largest absolute Gasteiger partial charge is 0.391 e. The zero-order chi connectivity index (χ0) is 11.0. The number of hydrogen-bond acceptors (Lipinski definition) is 2. The number of anilines is 1. The first kappa shape index (κ1) is 10.9. The van der Waals surface area contributed by atoms with Crippen molar-refractivity contribution in [3.8, 4) is 0 Å². The van der Waals surface area contributed by atoms with E-state index in [4.69, 9.17) is 11.6 Å². The van der Waals surface area contributed by atoms with Gasteiger partial charge >= 0.3 is 0 Å². The van der Waals surface area contributed by atoms with Crippen LogP contribution in [0.3, 0.4) is 0 Å². The van der Waals surface area contributed by atoms with Crippen molar-refractivity contribution in [3.63, 3.8) is 0 Å². The Morgan fingerprint density at radius 3 is 2.80 bits per heavy atom. The molecule has 5 heteroatoms. The molecule has 1 aromatic carbocycles. The van der Waals surface area contributed by atoms with Crippen molar-refractivity contribution >= 4 is 39.1 Å². The van der Waals surface area contributed by atoms with Gasteiger partial charge in [0.25, 0.3) is 0 Å². The van der Waals surface area contributed by atoms with E-state index < -0.39 is 6.10 Å². The van der Waals surface area contributed by atoms with Crippen molar-refractivity contribution in [1.82, 2.24) is 0 Å². The average molecular weight is 291 g/mol. The highest BCUT2D eigenvalue weighted by molar-refractivity contribution is 9.10. The van der Waals surface area contributed by atoms with Crippen LogP contribution in [0.1, 0.15) is 6.42 Å². The number of benzene rings is 1. The first-order valence-corrected chi connectivity index (χ1v) is 5.68. The zero-order valence-corrected chi connectivity index (χ0v) is 10.1. The lowest BCUT2D eigenvalue weighted by Gasteiger charge is -2.16. The SMILES string of the molecule is O=C1CC(O)CN1c1ccc(Br)c(Cl)c1. The Morgan fingerprint density at radius 2 is 2.27 bits per heavy atom. The molecule has 0 bridgehead atoms. The van der Waals surface area contributed by atoms with Gasteiger partial charge in [-0.05, 0) is 34.1 Å². The van der Waals surface area contributed by atoms with E-state index in [-0.39, 0.29) is 12.3 Å². The summed E-state index contributed by atoms with van der Waals surface area (Å²) in [7, 11) is 0. The molecule has 1 saturated heterocycles. The molecule has 0 spiro atoms. The van der Waals surface area contributed by atoms with Gasteiger partial charge in [0.05, 0.1) is 24.1 Å². The van der Waals surface area contributed by atoms with Crippen LogP contribution >= 0.6 is 27.5 Å². The van der Waals surface area contributed by atoms with E-state index in [9.17, 15) is 9.90 Å². The van der Waals surface area contributed by atoms with E-state index in [0.717, 1.165) is 10.2 Å². The molecule has 1 atom stereocenters. The van der Waals surface area contributed by atoms with Gasteiger partial charge in [-0.3, -0.25) is 4.79 Å². The quantitative estimate of drug-likeness (QED) is 0.861. The summed E-state index contributed by atoms with van der Waals surface area (Å²) in [6.07, 6.45) is -0.381. The van der Waals surface area contributed by atoms with Gasteiger partial charge in [0, 0.05) is 10.2 Å². The van der Waals surface area contributed by atoms with Crippen LogP contribution in [0.5, 0.6) is 0 Å². The van der Waals surface area contributed by atoms with Gasteiger partial charge in [0.15, 0.2) is 0 Å². The van der Waals surface area contributed by atoms with Crippen LogP contribution in [0.2, 0.25) is 5.02 Å². The summed E-state index contributed by atoms with van der Waals surface area (Å²) in [5, 5.41) is 9.91. The molecule has 15 heavy (non-hydrogen) atoms. The minimum absolute atomic E-state index is 0.0686. The maximum atomic E-state index is 11.5. The summed E-state index contributed by atoms with van der Waals surface area (Å²) in [6.45, 7) is 0.344. The van der Waals surface area contributed by atoms with Crippen LogP contribution in [-0.4, -0.2) is 23.7 Å². The molecule has 0 aromatic heterocycles. The third-order valence-corrected chi connectivity index (χ3v) is 3.55. The first-order chi connectivity index (χ1) is 7.08. The molecule has 2 rings (SSSR count). The Hall–Kier alpha value is -0.580. The Morgan fingerprint density at radius 1 is 1.53 bits per heavy atom. The normalized spacial score (nSPS) is 21.1. The number of aliphatic hydroxyl groups excluding tert-OH is 1. The van der Waals surface area contributed by atoms with Crippen LogP contribution in [0, 0.1) is 0 Å². The number of carbonyl (C=O) groups excluding carboxylic acids is 1. The third-order valence-electron chi connectivity index (χ3n) is 2.32. The fraction of sp³-hybridized carbons (Fsp3) is 0.300. The molecule has 0 aliphatic carbocycles. The zero-order valence-electron chi connectivity index (χ0n) is 7.78. The number of halogens is 2. The van der Waals surface area contributed by atoms with E-state index in [1.807, 2.05) is 0 Å². The van der Waals surface area contributed by atoms with E-state index in [1.54, 1.807) is 23.1 Å². The minimum Gasteiger partial charge on any atom is -0.391 e. The van der Waals surface area contributed by atoms with Crippen LogP contribution in [-0.2, 0) is 4.79 Å². The second kappa shape index (κ2) is 4.12. The average Bonchev–Trinajstić information content (AvgIpc) is 2.50. The third kappa shape index (κ3) is 2.17. The van der Waals surface area contributed by atoms with E-state index in [0.29, 0.717) is 11.6 Å². The highest BCUT2D eigenvalue weighted by Gasteiger charge is 2.29. The first-order valence-electron chi connectivity index (χ1n) is 4.51. The maximum Gasteiger partial charge on any atom is 0.229 e. The van der Waals surface area contributed by atoms with E-state index in [2.05, 4.69) is 15.9 Å². The van der Waals surface area contributed by atoms with E-state index >= 15 is 0 Å². The summed E-state index contributed by atoms with van der Waals surface area (Å²) in [5.41, 5.74) is 0.727. The summed E-state index contributed by atoms with van der Waals surface area (Å²) in [6, 6.07) is 5.29. The van der Waals surface area contributed by atoms with E-state index in [1.165, 1.54) is 0 Å². The maximum absolute atomic E-state index is 11.5. The smallest absolute Gasteiger partial charge is 0.229 e. The Kier molecular flexibility index (Phi) is 3.00. The number of aliphatic hydroxyl groups is 1. The van der Waals surface area contributed by atoms with Gasteiger partial charge in [-0.25, -0.2) is 0 Å². The van der Waals surface area contributed by atoms with Crippen molar-refractivity contribution in [2.75, 3.05) is 11.4 Å². The number of hydrogen-bond donors (Lipinski definition) is 1. The Bertz CT molecular complexity index is 410. The second-order valence-corrected chi connectivity index (χ2v) is 4.72.